The number of rotatable bonds is 24. The molecule has 0 saturated carbocycles. The Morgan fingerprint density at radius 3 is 2.19 bits per heavy atom. The monoisotopic (exact) mass is 890 g/mol. The fraction of sp³-hybridized carbons (Fsp3) is 0.612. The highest BCUT2D eigenvalue weighted by Crippen LogP contribution is 2.31. The number of anilines is 1. The van der Waals surface area contributed by atoms with Crippen molar-refractivity contribution in [3.63, 3.8) is 0 Å². The van der Waals surface area contributed by atoms with Crippen molar-refractivity contribution in [2.24, 2.45) is 23.7 Å². The summed E-state index contributed by atoms with van der Waals surface area (Å²) in [5, 5.41) is 12.3. The number of ether oxygens (including phenoxy) is 2. The molecule has 3 N–H and O–H groups in total. The van der Waals surface area contributed by atoms with Crippen LogP contribution in [0.25, 0.3) is 0 Å². The van der Waals surface area contributed by atoms with Gasteiger partial charge >= 0.3 is 0 Å². The second-order valence-corrected chi connectivity index (χ2v) is 18.9. The molecule has 14 heteroatoms. The van der Waals surface area contributed by atoms with E-state index >= 15 is 0 Å². The van der Waals surface area contributed by atoms with Crippen LogP contribution >= 0.6 is 11.3 Å². The van der Waals surface area contributed by atoms with Crippen LogP contribution in [0.2, 0.25) is 0 Å². The number of likely N-dealkylation sites (tertiary alicyclic amines) is 1. The number of nitrogens with one attached hydrogen (secondary N) is 3. The number of aromatic nitrogens is 1. The van der Waals surface area contributed by atoms with Gasteiger partial charge in [0.1, 0.15) is 11.0 Å². The molecule has 1 fully saturated rings. The molecule has 4 amide bonds. The van der Waals surface area contributed by atoms with Gasteiger partial charge in [0.15, 0.2) is 0 Å². The summed E-state index contributed by atoms with van der Waals surface area (Å²) >= 11 is 1.51. The first-order valence-electron chi connectivity index (χ1n) is 22.7. The van der Waals surface area contributed by atoms with Gasteiger partial charge in [-0.2, -0.15) is 0 Å². The topological polar surface area (TPSA) is 145 Å². The molecule has 0 bridgehead atoms. The molecule has 0 spiro atoms. The summed E-state index contributed by atoms with van der Waals surface area (Å²) in [5.74, 6) is -1.55. The summed E-state index contributed by atoms with van der Waals surface area (Å²) < 4.78 is 12.2. The maximum absolute atomic E-state index is 14.6. The van der Waals surface area contributed by atoms with Gasteiger partial charge in [0.2, 0.25) is 23.6 Å². The van der Waals surface area contributed by atoms with Gasteiger partial charge in [0.25, 0.3) is 0 Å². The lowest BCUT2D eigenvalue weighted by Crippen LogP contribution is -2.60. The molecular formula is C49H75N7O6S. The van der Waals surface area contributed by atoms with Crippen molar-refractivity contribution in [3.8, 4) is 0 Å². The number of carbonyl (C=O) groups is 4. The van der Waals surface area contributed by atoms with E-state index < -0.39 is 36.3 Å². The SMILES string of the molecule is CC[C@H](C)[C@@H]([C@@H](CC(=O)N1CCC[C@H]1[C@H](OC)[C@@H](C)C(=O)N[C@@H](Cc1ccccc1)c1nccs1)OC)N(C)C(=O)[C@@H](NC(=O)[C@H](C(C)C)N(C)Cc1cccc(NC)c1)C(C)C. The molecule has 2 aromatic carbocycles. The number of thiazole rings is 1. The lowest BCUT2D eigenvalue weighted by Gasteiger charge is -2.41. The minimum atomic E-state index is -0.800. The van der Waals surface area contributed by atoms with Crippen molar-refractivity contribution in [2.45, 2.75) is 130 Å². The molecule has 1 aliphatic heterocycles. The maximum atomic E-state index is 14.6. The van der Waals surface area contributed by atoms with Gasteiger partial charge in [-0.05, 0) is 67.3 Å². The third kappa shape index (κ3) is 13.6. The van der Waals surface area contributed by atoms with Gasteiger partial charge in [-0.15, -0.1) is 11.3 Å². The summed E-state index contributed by atoms with van der Waals surface area (Å²) in [6.45, 7) is 15.0. The minimum absolute atomic E-state index is 0.0237. The van der Waals surface area contributed by atoms with Gasteiger partial charge in [-0.25, -0.2) is 4.98 Å². The van der Waals surface area contributed by atoms with E-state index in [0.29, 0.717) is 25.9 Å². The average molecular weight is 890 g/mol. The zero-order valence-corrected chi connectivity index (χ0v) is 40.6. The Morgan fingerprint density at radius 2 is 1.60 bits per heavy atom. The zero-order valence-electron chi connectivity index (χ0n) is 39.8. The molecule has 0 unspecified atom stereocenters. The second-order valence-electron chi connectivity index (χ2n) is 18.0. The summed E-state index contributed by atoms with van der Waals surface area (Å²) in [4.78, 5) is 67.3. The molecule has 1 aromatic heterocycles. The lowest BCUT2D eigenvalue weighted by atomic mass is 9.89. The number of hydrogen-bond donors (Lipinski definition) is 3. The molecule has 63 heavy (non-hydrogen) atoms. The largest absolute Gasteiger partial charge is 0.388 e. The van der Waals surface area contributed by atoms with Crippen molar-refractivity contribution >= 4 is 40.7 Å². The third-order valence-corrected chi connectivity index (χ3v) is 13.7. The van der Waals surface area contributed by atoms with Gasteiger partial charge in [0, 0.05) is 58.7 Å². The van der Waals surface area contributed by atoms with Crippen LogP contribution in [0.5, 0.6) is 0 Å². The van der Waals surface area contributed by atoms with Crippen molar-refractivity contribution in [1.29, 1.82) is 0 Å². The van der Waals surface area contributed by atoms with E-state index in [4.69, 9.17) is 9.47 Å². The molecule has 3 aromatic rings. The molecule has 1 aliphatic rings. The molecule has 4 rings (SSSR count). The van der Waals surface area contributed by atoms with Crippen LogP contribution in [0.1, 0.15) is 96.3 Å². The Balaban J connectivity index is 1.48. The first-order chi connectivity index (χ1) is 30.1. The first kappa shape index (κ1) is 51.3. The second kappa shape index (κ2) is 24.6. The standard InChI is InChI=1S/C49H75N7O6S/c1-13-33(6)44(55(10)49(60)42(31(2)3)53-47(59)43(32(4)5)54(9)30-36-21-17-22-37(27-36)50-8)40(61-11)29-41(57)56-25-18-23-39(56)45(62-12)34(7)46(58)52-38(48-51-24-26-63-48)28-35-19-15-14-16-20-35/h14-17,19-22,24,26-27,31-34,38-40,42-45,50H,13,18,23,25,28-30H2,1-12H3,(H,52,58)(H,53,59)/t33-,34+,38-,39-,40+,42-,43-,44-,45+/m0/s1. The smallest absolute Gasteiger partial charge is 0.245 e. The number of benzene rings is 2. The third-order valence-electron chi connectivity index (χ3n) is 12.9. The minimum Gasteiger partial charge on any atom is -0.388 e. The number of amides is 4. The van der Waals surface area contributed by atoms with Crippen LogP contribution in [0.3, 0.4) is 0 Å². The van der Waals surface area contributed by atoms with E-state index in [2.05, 4.69) is 40.8 Å². The quantitative estimate of drug-likeness (QED) is 0.0885. The molecule has 0 radical (unpaired) electrons. The van der Waals surface area contributed by atoms with Gasteiger partial charge in [-0.1, -0.05) is 97.4 Å². The number of nitrogens with zero attached hydrogens (tertiary/aromatic N) is 4. The van der Waals surface area contributed by atoms with E-state index in [-0.39, 0.29) is 59.9 Å². The molecule has 13 nitrogen and oxygen atoms in total. The van der Waals surface area contributed by atoms with E-state index in [0.717, 1.165) is 34.7 Å². The summed E-state index contributed by atoms with van der Waals surface area (Å²) in [7, 11) is 8.77. The van der Waals surface area contributed by atoms with Crippen LogP contribution in [0, 0.1) is 23.7 Å². The molecule has 2 heterocycles. The average Bonchev–Trinajstić information content (AvgIpc) is 3.99. The van der Waals surface area contributed by atoms with Crippen LogP contribution in [0.15, 0.2) is 66.2 Å². The first-order valence-corrected chi connectivity index (χ1v) is 23.6. The predicted molar refractivity (Wildman–Crippen MR) is 252 cm³/mol. The molecule has 9 atom stereocenters. The number of carbonyl (C=O) groups excluding carboxylic acids is 4. The molecule has 0 aliphatic carbocycles. The zero-order chi connectivity index (χ0) is 46.4. The van der Waals surface area contributed by atoms with E-state index in [1.54, 1.807) is 32.4 Å². The Kier molecular flexibility index (Phi) is 20.0. The van der Waals surface area contributed by atoms with Crippen LogP contribution in [0.4, 0.5) is 5.69 Å². The summed E-state index contributed by atoms with van der Waals surface area (Å²) in [5.41, 5.74) is 3.16. The number of hydrogen-bond acceptors (Lipinski definition) is 10. The van der Waals surface area contributed by atoms with Crippen molar-refractivity contribution in [3.05, 3.63) is 82.3 Å². The Hall–Kier alpha value is -4.37. The van der Waals surface area contributed by atoms with Crippen molar-refractivity contribution in [2.75, 3.05) is 47.2 Å². The van der Waals surface area contributed by atoms with Crippen LogP contribution in [-0.4, -0.2) is 122 Å². The maximum Gasteiger partial charge on any atom is 0.245 e. The fourth-order valence-electron chi connectivity index (χ4n) is 9.26. The van der Waals surface area contributed by atoms with Crippen molar-refractivity contribution < 1.29 is 28.7 Å². The van der Waals surface area contributed by atoms with Gasteiger partial charge in [-0.3, -0.25) is 24.1 Å². The summed E-state index contributed by atoms with van der Waals surface area (Å²) in [6, 6.07) is 15.7. The van der Waals surface area contributed by atoms with E-state index in [1.807, 2.05) is 112 Å². The highest BCUT2D eigenvalue weighted by molar-refractivity contribution is 7.09. The molecular weight excluding hydrogens is 815 g/mol. The Morgan fingerprint density at radius 1 is 0.905 bits per heavy atom. The Labute approximate surface area is 381 Å². The van der Waals surface area contributed by atoms with Gasteiger partial charge < -0.3 is 35.2 Å². The van der Waals surface area contributed by atoms with Crippen molar-refractivity contribution in [1.82, 2.24) is 30.3 Å². The highest BCUT2D eigenvalue weighted by atomic mass is 32.1. The number of methoxy groups -OCH3 is 2. The molecule has 348 valence electrons. The van der Waals surface area contributed by atoms with E-state index in [1.165, 1.54) is 11.3 Å². The van der Waals surface area contributed by atoms with Crippen LogP contribution in [-0.2, 0) is 41.6 Å². The molecule has 1 saturated heterocycles. The lowest BCUT2D eigenvalue weighted by molar-refractivity contribution is -0.148. The highest BCUT2D eigenvalue weighted by Gasteiger charge is 2.43. The predicted octanol–water partition coefficient (Wildman–Crippen LogP) is 6.80. The number of likely N-dealkylation sites (N-methyl/N-ethyl adjacent to an activating group) is 2. The summed E-state index contributed by atoms with van der Waals surface area (Å²) in [6.07, 6.45) is 3.40. The van der Waals surface area contributed by atoms with Crippen LogP contribution < -0.4 is 16.0 Å². The van der Waals surface area contributed by atoms with Gasteiger partial charge in [0.05, 0.1) is 48.7 Å². The fourth-order valence-corrected chi connectivity index (χ4v) is 9.95. The Bertz CT molecular complexity index is 1880. The van der Waals surface area contributed by atoms with E-state index in [9.17, 15) is 19.2 Å². The normalized spacial score (nSPS) is 18.0.